The molecule has 0 aliphatic rings. The van der Waals surface area contributed by atoms with E-state index in [0.29, 0.717) is 18.4 Å². The summed E-state index contributed by atoms with van der Waals surface area (Å²) in [5.41, 5.74) is 9.00. The number of Topliss-reactive ketones (excluding diaryl/α,β-unsaturated/α-hetero) is 1. The topological polar surface area (TPSA) is 240 Å². The van der Waals surface area contributed by atoms with Gasteiger partial charge in [0.15, 0.2) is 5.78 Å². The summed E-state index contributed by atoms with van der Waals surface area (Å²) in [6, 6.07) is 9.64. The first-order chi connectivity index (χ1) is 22.6. The highest BCUT2D eigenvalue weighted by Crippen LogP contribution is 2.16. The lowest BCUT2D eigenvalue weighted by Crippen LogP contribution is -2.56. The Morgan fingerprint density at radius 2 is 1.60 bits per heavy atom. The van der Waals surface area contributed by atoms with Gasteiger partial charge < -0.3 is 31.0 Å². The third-order valence-electron chi connectivity index (χ3n) is 7.44. The van der Waals surface area contributed by atoms with Gasteiger partial charge >= 0.3 is 16.4 Å². The van der Waals surface area contributed by atoms with Crippen LogP contribution in [0.5, 0.6) is 5.75 Å². The van der Waals surface area contributed by atoms with Crippen molar-refractivity contribution in [1.29, 1.82) is 0 Å². The molecule has 3 amide bonds. The molecule has 2 rings (SSSR count). The molecule has 0 unspecified atom stereocenters. The first-order valence-electron chi connectivity index (χ1n) is 15.3. The molecule has 4 atom stereocenters. The Kier molecular flexibility index (Phi) is 14.3. The van der Waals surface area contributed by atoms with Crippen molar-refractivity contribution in [3.63, 3.8) is 0 Å². The van der Waals surface area contributed by atoms with E-state index in [1.54, 1.807) is 30.3 Å². The predicted molar refractivity (Wildman–Crippen MR) is 171 cm³/mol. The van der Waals surface area contributed by atoms with Gasteiger partial charge in [-0.05, 0) is 43.1 Å². The van der Waals surface area contributed by atoms with Gasteiger partial charge in [0.2, 0.25) is 17.7 Å². The maximum atomic E-state index is 13.6. The summed E-state index contributed by atoms with van der Waals surface area (Å²) in [5, 5.41) is 12.3. The second-order valence-corrected chi connectivity index (χ2v) is 12.2. The third kappa shape index (κ3) is 13.1. The molecule has 2 aromatic carbocycles. The summed E-state index contributed by atoms with van der Waals surface area (Å²) in [5.74, 6) is -4.17. The predicted octanol–water partition coefficient (Wildman–Crippen LogP) is 0.312. The molecule has 2 aromatic rings. The van der Waals surface area contributed by atoms with Crippen LogP contribution in [-0.4, -0.2) is 102 Å². The molecule has 0 aliphatic heterocycles. The van der Waals surface area contributed by atoms with Gasteiger partial charge in [0, 0.05) is 13.5 Å². The van der Waals surface area contributed by atoms with Gasteiger partial charge in [0.1, 0.15) is 19.2 Å². The number of primary amides is 1. The molecule has 16 heteroatoms. The Hall–Kier alpha value is -4.38. The third-order valence-corrected chi connectivity index (χ3v) is 7.84. The van der Waals surface area contributed by atoms with Crippen LogP contribution in [0.25, 0.3) is 0 Å². The minimum absolute atomic E-state index is 0.0262. The molecule has 0 aromatic heterocycles. The van der Waals surface area contributed by atoms with Crippen molar-refractivity contribution in [2.45, 2.75) is 69.6 Å². The number of hydrogen-bond acceptors (Lipinski definition) is 10. The number of unbranched alkanes of at least 4 members (excludes halogenated alkanes) is 1. The zero-order chi connectivity index (χ0) is 36.0. The number of aliphatic carboxylic acids is 1. The molecule has 0 spiro atoms. The minimum atomic E-state index is -4.72. The van der Waals surface area contributed by atoms with Gasteiger partial charge in [0.05, 0.1) is 25.0 Å². The van der Waals surface area contributed by atoms with E-state index in [0.717, 1.165) is 10.5 Å². The lowest BCUT2D eigenvalue weighted by Gasteiger charge is -2.33. The number of nitrogens with two attached hydrogens (primary N) is 2. The van der Waals surface area contributed by atoms with Crippen molar-refractivity contribution in [3.05, 3.63) is 65.7 Å². The number of rotatable bonds is 21. The Bertz CT molecular complexity index is 1510. The highest BCUT2D eigenvalue weighted by Gasteiger charge is 2.35. The van der Waals surface area contributed by atoms with Crippen LogP contribution in [0.2, 0.25) is 1.41 Å². The number of hydrogen-bond donors (Lipinski definition) is 5. The fourth-order valence-corrected chi connectivity index (χ4v) is 5.20. The summed E-state index contributed by atoms with van der Waals surface area (Å²) in [7, 11) is -1.98. The van der Waals surface area contributed by atoms with E-state index in [9.17, 15) is 37.5 Å². The lowest BCUT2D eigenvalue weighted by atomic mass is 10.0. The second kappa shape index (κ2) is 18.1. The highest BCUT2D eigenvalue weighted by atomic mass is 32.3. The largest absolute Gasteiger partial charge is 0.481 e. The number of likely N-dealkylation sites (N-methyl/N-ethyl adjacent to an activating group) is 2. The smallest absolute Gasteiger partial charge is 0.446 e. The fourth-order valence-electron chi connectivity index (χ4n) is 4.84. The number of carbonyl (C=O) groups is 5. The van der Waals surface area contributed by atoms with E-state index in [2.05, 4.69) is 15.2 Å². The van der Waals surface area contributed by atoms with Gasteiger partial charge in [-0.25, -0.2) is 0 Å². The van der Waals surface area contributed by atoms with E-state index in [1.807, 2.05) is 6.92 Å². The normalized spacial score (nSPS) is 14.3. The van der Waals surface area contributed by atoms with Crippen LogP contribution < -0.4 is 21.0 Å². The number of amides is 3. The van der Waals surface area contributed by atoms with Crippen molar-refractivity contribution in [3.8, 4) is 5.75 Å². The molecule has 0 bridgehead atoms. The molecule has 0 radical (unpaired) electrons. The van der Waals surface area contributed by atoms with Crippen molar-refractivity contribution in [2.24, 2.45) is 11.5 Å². The summed E-state index contributed by atoms with van der Waals surface area (Å²) in [4.78, 5) is 66.8. The second-order valence-electron chi connectivity index (χ2n) is 11.2. The van der Waals surface area contributed by atoms with Gasteiger partial charge in [-0.2, -0.15) is 8.42 Å². The zero-order valence-electron chi connectivity index (χ0n) is 27.5. The number of benzene rings is 2. The quantitative estimate of drug-likeness (QED) is 0.112. The van der Waals surface area contributed by atoms with Gasteiger partial charge in [-0.1, -0.05) is 62.2 Å². The van der Waals surface area contributed by atoms with Gasteiger partial charge in [0.25, 0.3) is 0 Å². The average Bonchev–Trinajstić information content (AvgIpc) is 3.02. The molecule has 0 saturated carbocycles. The average molecular weight is 679 g/mol. The van der Waals surface area contributed by atoms with Crippen LogP contribution in [0.15, 0.2) is 54.6 Å². The maximum Gasteiger partial charge on any atom is 0.446 e. The molecule has 15 nitrogen and oxygen atoms in total. The number of nitrogens with one attached hydrogen (secondary N) is 1. The van der Waals surface area contributed by atoms with Crippen LogP contribution in [0, 0.1) is 0 Å². The Labute approximate surface area is 275 Å². The standard InChI is InChI=1S/C31H43N5O10S/c1-4-5-11-24(34-30(41)23(32)16-21-12-14-22(15-13-21)46-47(43,44)45)27(37)19-35(2)26(18-28(38)39)31(42)36(3)25(29(33)40)17-20-9-7-6-8-10-20/h6-10,12-15,23-26H,4-5,11,16-19,32H2,1-3H3,(H2,33,40)(H,34,41)(H,38,39)(H,43,44,45)/t23-,24-,25-,26+/m0/s1/i/hD. The first-order valence-corrected chi connectivity index (χ1v) is 16.2. The lowest BCUT2D eigenvalue weighted by molar-refractivity contribution is -0.148. The summed E-state index contributed by atoms with van der Waals surface area (Å²) < 4.78 is 42.7. The van der Waals surface area contributed by atoms with Gasteiger partial charge in [-0.3, -0.25) is 33.4 Å². The number of nitrogens with zero attached hydrogens (tertiary/aromatic N) is 2. The van der Waals surface area contributed by atoms with Crippen molar-refractivity contribution in [2.75, 3.05) is 20.6 Å². The summed E-state index contributed by atoms with van der Waals surface area (Å²) in [6.45, 7) is 1.47. The molecule has 0 fully saturated rings. The van der Waals surface area contributed by atoms with E-state index >= 15 is 0 Å². The number of ketones is 1. The van der Waals surface area contributed by atoms with E-state index in [1.165, 1.54) is 43.3 Å². The molecule has 258 valence electrons. The van der Waals surface area contributed by atoms with Crippen LogP contribution >= 0.6 is 0 Å². The number of carboxylic acids is 1. The molecular weight excluding hydrogens is 634 g/mol. The Morgan fingerprint density at radius 3 is 2.13 bits per heavy atom. The molecule has 7 N–H and O–H groups in total. The van der Waals surface area contributed by atoms with E-state index < -0.39 is 77.0 Å². The van der Waals surface area contributed by atoms with Crippen LogP contribution in [-0.2, 0) is 47.2 Å². The zero-order valence-corrected chi connectivity index (χ0v) is 27.3. The first kappa shape index (κ1) is 37.1. The monoisotopic (exact) mass is 678 g/mol. The highest BCUT2D eigenvalue weighted by molar-refractivity contribution is 7.81. The van der Waals surface area contributed by atoms with Crippen molar-refractivity contribution >= 4 is 39.9 Å². The molecule has 0 saturated heterocycles. The Balaban J connectivity index is 2.19. The SMILES string of the molecule is [2H]N[C@@H](Cc1ccc(OS(=O)(=O)O)cc1)C(=O)N[C@@H](CCCC)C(=O)CN(C)[C@H](CC(=O)O)C(=O)N(C)[C@@H](Cc1ccccc1)C(N)=O. The molecule has 0 aliphatic carbocycles. The van der Waals surface area contributed by atoms with E-state index in [4.69, 9.17) is 11.7 Å². The van der Waals surface area contributed by atoms with Crippen molar-refractivity contribution < 1.29 is 47.6 Å². The van der Waals surface area contributed by atoms with Crippen LogP contribution in [0.3, 0.4) is 0 Å². The summed E-state index contributed by atoms with van der Waals surface area (Å²) >= 11 is 0. The van der Waals surface area contributed by atoms with Crippen LogP contribution in [0.1, 0.15) is 43.7 Å². The fraction of sp³-hybridized carbons (Fsp3) is 0.452. The van der Waals surface area contributed by atoms with Crippen LogP contribution in [0.4, 0.5) is 0 Å². The number of carboxylic acid groups (broad SMARTS) is 1. The minimum Gasteiger partial charge on any atom is -0.481 e. The number of carbonyl (C=O) groups excluding carboxylic acids is 4. The molecular formula is C31H43N5O10S. The van der Waals surface area contributed by atoms with Gasteiger partial charge in [-0.15, -0.1) is 0 Å². The van der Waals surface area contributed by atoms with Crippen molar-refractivity contribution in [1.82, 2.24) is 15.1 Å². The maximum absolute atomic E-state index is 13.6. The molecule has 0 heterocycles. The molecule has 47 heavy (non-hydrogen) atoms. The Morgan fingerprint density at radius 1 is 0.979 bits per heavy atom. The van der Waals surface area contributed by atoms with E-state index in [-0.39, 0.29) is 25.0 Å². The summed E-state index contributed by atoms with van der Waals surface area (Å²) in [6.07, 6.45) is 0.874.